The van der Waals surface area contributed by atoms with Crippen LogP contribution in [0.5, 0.6) is 0 Å². The van der Waals surface area contributed by atoms with E-state index in [1.807, 2.05) is 47.8 Å². The molecule has 4 heteroatoms. The van der Waals surface area contributed by atoms with Crippen molar-refractivity contribution in [1.29, 1.82) is 0 Å². The van der Waals surface area contributed by atoms with E-state index in [2.05, 4.69) is 22.4 Å². The van der Waals surface area contributed by atoms with Crippen LogP contribution in [0.4, 0.5) is 5.69 Å². The number of rotatable bonds is 4. The number of benzene rings is 2. The quantitative estimate of drug-likeness (QED) is 0.766. The molecule has 2 atom stereocenters. The Labute approximate surface area is 139 Å². The Morgan fingerprint density at radius 3 is 2.57 bits per heavy atom. The summed E-state index contributed by atoms with van der Waals surface area (Å²) in [6.45, 7) is 0. The summed E-state index contributed by atoms with van der Waals surface area (Å²) in [6, 6.07) is 18.1. The molecule has 1 aliphatic carbocycles. The van der Waals surface area contributed by atoms with Gasteiger partial charge in [-0.25, -0.2) is 4.98 Å². The molecule has 114 valence electrons. The fourth-order valence-corrected chi connectivity index (χ4v) is 3.49. The van der Waals surface area contributed by atoms with Gasteiger partial charge < -0.3 is 5.32 Å². The average Bonchev–Trinajstić information content (AvgIpc) is 3.22. The summed E-state index contributed by atoms with van der Waals surface area (Å²) >= 11 is 1.61. The number of amides is 1. The fourth-order valence-electron chi connectivity index (χ4n) is 2.85. The molecular weight excluding hydrogens is 304 g/mol. The molecule has 1 aromatic heterocycles. The highest BCUT2D eigenvalue weighted by Gasteiger charge is 2.43. The zero-order chi connectivity index (χ0) is 15.6. The van der Waals surface area contributed by atoms with Crippen LogP contribution < -0.4 is 5.32 Å². The van der Waals surface area contributed by atoms with Crippen LogP contribution in [0.15, 0.2) is 66.2 Å². The van der Waals surface area contributed by atoms with Gasteiger partial charge >= 0.3 is 0 Å². The number of anilines is 1. The number of carbonyl (C=O) groups excluding carboxylic acids is 1. The van der Waals surface area contributed by atoms with Crippen LogP contribution in [0.3, 0.4) is 0 Å². The van der Waals surface area contributed by atoms with E-state index in [4.69, 9.17) is 0 Å². The molecule has 2 aromatic carbocycles. The van der Waals surface area contributed by atoms with E-state index in [-0.39, 0.29) is 11.8 Å². The molecule has 0 aliphatic heterocycles. The first-order chi connectivity index (χ1) is 11.3. The molecular formula is C19H16N2OS. The summed E-state index contributed by atoms with van der Waals surface area (Å²) in [5.41, 5.74) is 3.17. The lowest BCUT2D eigenvalue weighted by atomic mass is 10.1. The lowest BCUT2D eigenvalue weighted by molar-refractivity contribution is -0.117. The Morgan fingerprint density at radius 1 is 1.09 bits per heavy atom. The number of thiazole rings is 1. The van der Waals surface area contributed by atoms with E-state index in [1.54, 1.807) is 17.5 Å². The van der Waals surface area contributed by atoms with Gasteiger partial charge in [0.2, 0.25) is 5.91 Å². The number of hydrogen-bond acceptors (Lipinski definition) is 3. The maximum absolute atomic E-state index is 12.4. The van der Waals surface area contributed by atoms with Gasteiger partial charge in [-0.2, -0.15) is 0 Å². The first-order valence-electron chi connectivity index (χ1n) is 7.67. The number of nitrogens with one attached hydrogen (secondary N) is 1. The third-order valence-electron chi connectivity index (χ3n) is 4.19. The molecule has 1 amide bonds. The van der Waals surface area contributed by atoms with Gasteiger partial charge in [-0.05, 0) is 42.2 Å². The Kier molecular flexibility index (Phi) is 3.67. The predicted molar refractivity (Wildman–Crippen MR) is 93.5 cm³/mol. The number of nitrogens with zero attached hydrogens (tertiary/aromatic N) is 1. The summed E-state index contributed by atoms with van der Waals surface area (Å²) in [4.78, 5) is 16.6. The smallest absolute Gasteiger partial charge is 0.228 e. The molecule has 3 nitrogen and oxygen atoms in total. The first-order valence-corrected chi connectivity index (χ1v) is 8.55. The Morgan fingerprint density at radius 2 is 1.87 bits per heavy atom. The SMILES string of the molecule is O=C(Nc1ccc(-c2nccs2)cc1)C1CC1c1ccccc1. The van der Waals surface area contributed by atoms with Crippen LogP contribution in [0.1, 0.15) is 17.9 Å². The molecule has 1 N–H and O–H groups in total. The van der Waals surface area contributed by atoms with Crippen LogP contribution in [0.25, 0.3) is 10.6 Å². The van der Waals surface area contributed by atoms with Crippen molar-refractivity contribution in [2.24, 2.45) is 5.92 Å². The lowest BCUT2D eigenvalue weighted by Gasteiger charge is -2.06. The van der Waals surface area contributed by atoms with Gasteiger partial charge in [0.1, 0.15) is 5.01 Å². The van der Waals surface area contributed by atoms with E-state index >= 15 is 0 Å². The second-order valence-electron chi connectivity index (χ2n) is 5.76. The Bertz CT molecular complexity index is 797. The fraction of sp³-hybridized carbons (Fsp3) is 0.158. The minimum absolute atomic E-state index is 0.0936. The second kappa shape index (κ2) is 5.97. The Hall–Kier alpha value is -2.46. The molecule has 0 radical (unpaired) electrons. The minimum Gasteiger partial charge on any atom is -0.326 e. The van der Waals surface area contributed by atoms with Crippen LogP contribution in [-0.4, -0.2) is 10.9 Å². The van der Waals surface area contributed by atoms with E-state index in [1.165, 1.54) is 5.56 Å². The molecule has 1 fully saturated rings. The molecule has 1 saturated carbocycles. The van der Waals surface area contributed by atoms with E-state index in [9.17, 15) is 4.79 Å². The van der Waals surface area contributed by atoms with Gasteiger partial charge in [-0.3, -0.25) is 4.79 Å². The van der Waals surface area contributed by atoms with Crippen LogP contribution in [0, 0.1) is 5.92 Å². The van der Waals surface area contributed by atoms with Gasteiger partial charge in [0.05, 0.1) is 0 Å². The number of carbonyl (C=O) groups is 1. The third kappa shape index (κ3) is 3.03. The first kappa shape index (κ1) is 14.2. The highest BCUT2D eigenvalue weighted by Crippen LogP contribution is 2.47. The van der Waals surface area contributed by atoms with Gasteiger partial charge in [-0.15, -0.1) is 11.3 Å². The van der Waals surface area contributed by atoms with Crippen molar-refractivity contribution in [3.63, 3.8) is 0 Å². The molecule has 3 aromatic rings. The summed E-state index contributed by atoms with van der Waals surface area (Å²) in [6.07, 6.45) is 2.74. The van der Waals surface area contributed by atoms with Gasteiger partial charge in [0.25, 0.3) is 0 Å². The van der Waals surface area contributed by atoms with Crippen molar-refractivity contribution in [1.82, 2.24) is 4.98 Å². The van der Waals surface area contributed by atoms with Crippen LogP contribution in [-0.2, 0) is 4.79 Å². The zero-order valence-electron chi connectivity index (χ0n) is 12.5. The highest BCUT2D eigenvalue weighted by molar-refractivity contribution is 7.13. The number of aromatic nitrogens is 1. The topological polar surface area (TPSA) is 42.0 Å². The van der Waals surface area contributed by atoms with Crippen molar-refractivity contribution >= 4 is 22.9 Å². The molecule has 0 saturated heterocycles. The van der Waals surface area contributed by atoms with Crippen LogP contribution in [0.2, 0.25) is 0 Å². The van der Waals surface area contributed by atoms with Crippen molar-refractivity contribution in [3.05, 3.63) is 71.7 Å². The molecule has 2 unspecified atom stereocenters. The van der Waals surface area contributed by atoms with Crippen molar-refractivity contribution in [3.8, 4) is 10.6 Å². The zero-order valence-corrected chi connectivity index (χ0v) is 13.3. The standard InChI is InChI=1S/C19H16N2OS/c22-18(17-12-16(17)13-4-2-1-3-5-13)21-15-8-6-14(7-9-15)19-20-10-11-23-19/h1-11,16-17H,12H2,(H,21,22). The monoisotopic (exact) mass is 320 g/mol. The van der Waals surface area contributed by atoms with Crippen molar-refractivity contribution in [2.75, 3.05) is 5.32 Å². The van der Waals surface area contributed by atoms with E-state index < -0.39 is 0 Å². The van der Waals surface area contributed by atoms with E-state index in [0.717, 1.165) is 22.7 Å². The maximum Gasteiger partial charge on any atom is 0.228 e. The van der Waals surface area contributed by atoms with Gasteiger partial charge in [0.15, 0.2) is 0 Å². The predicted octanol–water partition coefficient (Wildman–Crippen LogP) is 4.55. The normalized spacial score (nSPS) is 19.3. The maximum atomic E-state index is 12.4. The summed E-state index contributed by atoms with van der Waals surface area (Å²) in [7, 11) is 0. The highest BCUT2D eigenvalue weighted by atomic mass is 32.1. The average molecular weight is 320 g/mol. The van der Waals surface area contributed by atoms with Gasteiger partial charge in [-0.1, -0.05) is 30.3 Å². The number of hydrogen-bond donors (Lipinski definition) is 1. The minimum atomic E-state index is 0.0936. The van der Waals surface area contributed by atoms with Crippen molar-refractivity contribution in [2.45, 2.75) is 12.3 Å². The summed E-state index contributed by atoms with van der Waals surface area (Å²) in [5.74, 6) is 0.572. The molecule has 1 aliphatic rings. The molecule has 0 spiro atoms. The second-order valence-corrected chi connectivity index (χ2v) is 6.66. The van der Waals surface area contributed by atoms with Crippen molar-refractivity contribution < 1.29 is 4.79 Å². The summed E-state index contributed by atoms with van der Waals surface area (Å²) in [5, 5.41) is 5.97. The molecule has 0 bridgehead atoms. The van der Waals surface area contributed by atoms with Gasteiger partial charge in [0, 0.05) is 28.7 Å². The third-order valence-corrected chi connectivity index (χ3v) is 5.01. The molecule has 4 rings (SSSR count). The Balaban J connectivity index is 1.40. The largest absolute Gasteiger partial charge is 0.326 e. The molecule has 1 heterocycles. The molecule has 23 heavy (non-hydrogen) atoms. The van der Waals surface area contributed by atoms with Crippen LogP contribution >= 0.6 is 11.3 Å². The lowest BCUT2D eigenvalue weighted by Crippen LogP contribution is -2.14. The van der Waals surface area contributed by atoms with E-state index in [0.29, 0.717) is 5.92 Å². The summed E-state index contributed by atoms with van der Waals surface area (Å²) < 4.78 is 0.